The predicted octanol–water partition coefficient (Wildman–Crippen LogP) is 3.71. The van der Waals surface area contributed by atoms with Crippen molar-refractivity contribution < 1.29 is 14.3 Å². The molecule has 2 atom stereocenters. The molecule has 140 valence electrons. The quantitative estimate of drug-likeness (QED) is 0.637. The highest BCUT2D eigenvalue weighted by molar-refractivity contribution is 8.29. The van der Waals surface area contributed by atoms with Gasteiger partial charge in [0, 0.05) is 11.7 Å². The largest absolute Gasteiger partial charge is 0.508 e. The van der Waals surface area contributed by atoms with Gasteiger partial charge in [-0.1, -0.05) is 23.7 Å². The van der Waals surface area contributed by atoms with Gasteiger partial charge < -0.3 is 10.4 Å². The number of carbonyl (C=O) groups is 1. The number of amides is 1. The Morgan fingerprint density at radius 3 is 2.58 bits per heavy atom. The molecule has 8 heteroatoms. The summed E-state index contributed by atoms with van der Waals surface area (Å²) in [6.07, 6.45) is 4.62. The average Bonchev–Trinajstić information content (AvgIpc) is 2.57. The number of phenolic OH excluding ortho intramolecular Hbond substituents is 1. The van der Waals surface area contributed by atoms with Gasteiger partial charge in [-0.3, -0.25) is 14.2 Å². The van der Waals surface area contributed by atoms with Crippen LogP contribution in [0.1, 0.15) is 18.0 Å². The molecular formula is C18H21ClFN3O2S. The van der Waals surface area contributed by atoms with E-state index in [2.05, 4.69) is 14.8 Å². The number of aromatic hydroxyl groups is 1. The molecule has 0 bridgehead atoms. The zero-order valence-corrected chi connectivity index (χ0v) is 16.0. The standard InChI is InChI=1S/C18H21ClFN3O2S/c1-26(2)22-16(11-3-6-13(24)7-4-11)10-17(23-26)18(25)21-12-5-8-15(20)14(19)9-12/h3-9,16-17,22-24H,10H2,1-2H3,(H,21,25). The molecule has 1 aliphatic heterocycles. The third-order valence-corrected chi connectivity index (χ3v) is 6.18. The molecule has 0 radical (unpaired) electrons. The first-order valence-corrected chi connectivity index (χ1v) is 10.9. The number of hydrogen-bond acceptors (Lipinski definition) is 4. The van der Waals surface area contributed by atoms with Gasteiger partial charge in [0.2, 0.25) is 5.91 Å². The molecule has 4 N–H and O–H groups in total. The second-order valence-corrected chi connectivity index (χ2v) is 10.1. The van der Waals surface area contributed by atoms with Gasteiger partial charge in [-0.05, 0) is 54.8 Å². The van der Waals surface area contributed by atoms with Gasteiger partial charge in [-0.15, -0.1) is 10.4 Å². The topological polar surface area (TPSA) is 73.4 Å². The minimum Gasteiger partial charge on any atom is -0.508 e. The van der Waals surface area contributed by atoms with Crippen molar-refractivity contribution in [2.75, 3.05) is 17.8 Å². The smallest absolute Gasteiger partial charge is 0.242 e. The van der Waals surface area contributed by atoms with Crippen molar-refractivity contribution in [3.8, 4) is 5.75 Å². The van der Waals surface area contributed by atoms with Crippen molar-refractivity contribution in [3.05, 3.63) is 58.9 Å². The van der Waals surface area contributed by atoms with Crippen LogP contribution in [0.3, 0.4) is 0 Å². The van der Waals surface area contributed by atoms with E-state index in [9.17, 15) is 14.3 Å². The van der Waals surface area contributed by atoms with Gasteiger partial charge in [0.05, 0.1) is 11.1 Å². The molecule has 1 heterocycles. The molecule has 1 aliphatic rings. The van der Waals surface area contributed by atoms with Crippen molar-refractivity contribution in [2.24, 2.45) is 0 Å². The fraction of sp³-hybridized carbons (Fsp3) is 0.278. The number of hydrogen-bond donors (Lipinski definition) is 4. The van der Waals surface area contributed by atoms with Gasteiger partial charge in [-0.2, -0.15) is 0 Å². The Labute approximate surface area is 158 Å². The van der Waals surface area contributed by atoms with Gasteiger partial charge in [0.1, 0.15) is 11.6 Å². The lowest BCUT2D eigenvalue weighted by Gasteiger charge is -2.46. The SMILES string of the molecule is CS1(C)NC(C(=O)Nc2ccc(F)c(Cl)c2)CC(c2ccc(O)cc2)N1. The Balaban J connectivity index is 1.76. The molecule has 2 unspecified atom stereocenters. The summed E-state index contributed by atoms with van der Waals surface area (Å²) < 4.78 is 20.2. The molecule has 0 aliphatic carbocycles. The molecule has 1 fully saturated rings. The number of nitrogens with one attached hydrogen (secondary N) is 3. The zero-order valence-electron chi connectivity index (χ0n) is 14.4. The van der Waals surface area contributed by atoms with E-state index in [0.29, 0.717) is 12.1 Å². The lowest BCUT2D eigenvalue weighted by molar-refractivity contribution is -0.118. The summed E-state index contributed by atoms with van der Waals surface area (Å²) in [6, 6.07) is 10.6. The van der Waals surface area contributed by atoms with E-state index in [4.69, 9.17) is 11.6 Å². The summed E-state index contributed by atoms with van der Waals surface area (Å²) in [7, 11) is -1.40. The second-order valence-electron chi connectivity index (χ2n) is 6.61. The normalized spacial score (nSPS) is 23.2. The van der Waals surface area contributed by atoms with Crippen LogP contribution in [0.5, 0.6) is 5.75 Å². The zero-order chi connectivity index (χ0) is 18.9. The van der Waals surface area contributed by atoms with Crippen LogP contribution in [-0.4, -0.2) is 29.6 Å². The number of benzene rings is 2. The summed E-state index contributed by atoms with van der Waals surface area (Å²) in [6.45, 7) is 0. The Morgan fingerprint density at radius 1 is 1.23 bits per heavy atom. The fourth-order valence-corrected chi connectivity index (χ4v) is 5.06. The van der Waals surface area contributed by atoms with E-state index in [-0.39, 0.29) is 22.7 Å². The first kappa shape index (κ1) is 19.0. The van der Waals surface area contributed by atoms with E-state index < -0.39 is 22.3 Å². The molecule has 1 saturated heterocycles. The monoisotopic (exact) mass is 397 g/mol. The van der Waals surface area contributed by atoms with Crippen LogP contribution >= 0.6 is 22.0 Å². The van der Waals surface area contributed by atoms with Crippen molar-refractivity contribution in [3.63, 3.8) is 0 Å². The Morgan fingerprint density at radius 2 is 1.92 bits per heavy atom. The molecule has 0 aromatic heterocycles. The number of halogens is 2. The Hall–Kier alpha value is -1.80. The first-order valence-electron chi connectivity index (χ1n) is 8.06. The highest BCUT2D eigenvalue weighted by Crippen LogP contribution is 2.41. The van der Waals surface area contributed by atoms with E-state index in [1.165, 1.54) is 18.2 Å². The minimum atomic E-state index is -1.40. The molecule has 1 amide bonds. The van der Waals surface area contributed by atoms with Crippen molar-refractivity contribution in [2.45, 2.75) is 18.5 Å². The van der Waals surface area contributed by atoms with Gasteiger partial charge in [0.15, 0.2) is 0 Å². The maximum Gasteiger partial charge on any atom is 0.242 e. The Bertz CT molecular complexity index is 817. The predicted molar refractivity (Wildman–Crippen MR) is 105 cm³/mol. The molecular weight excluding hydrogens is 377 g/mol. The van der Waals surface area contributed by atoms with E-state index in [0.717, 1.165) is 5.56 Å². The molecule has 2 aromatic carbocycles. The number of anilines is 1. The summed E-state index contributed by atoms with van der Waals surface area (Å²) in [5.41, 5.74) is 1.46. The van der Waals surface area contributed by atoms with E-state index in [1.807, 2.05) is 24.6 Å². The van der Waals surface area contributed by atoms with Crippen molar-refractivity contribution in [1.29, 1.82) is 0 Å². The maximum atomic E-state index is 13.3. The van der Waals surface area contributed by atoms with Crippen LogP contribution < -0.4 is 14.8 Å². The molecule has 26 heavy (non-hydrogen) atoms. The van der Waals surface area contributed by atoms with Crippen LogP contribution in [0.4, 0.5) is 10.1 Å². The third kappa shape index (κ3) is 4.48. The van der Waals surface area contributed by atoms with Crippen LogP contribution in [0.2, 0.25) is 5.02 Å². The van der Waals surface area contributed by atoms with Crippen LogP contribution in [-0.2, 0) is 4.79 Å². The van der Waals surface area contributed by atoms with Crippen LogP contribution in [0.15, 0.2) is 42.5 Å². The molecule has 0 saturated carbocycles. The molecule has 5 nitrogen and oxygen atoms in total. The van der Waals surface area contributed by atoms with Gasteiger partial charge in [-0.25, -0.2) is 4.39 Å². The summed E-state index contributed by atoms with van der Waals surface area (Å²) in [5, 5.41) is 12.2. The van der Waals surface area contributed by atoms with E-state index in [1.54, 1.807) is 12.1 Å². The molecule has 0 spiro atoms. The molecule has 2 aromatic rings. The number of carbonyl (C=O) groups excluding carboxylic acids is 1. The number of phenols is 1. The third-order valence-electron chi connectivity index (χ3n) is 4.14. The molecule has 3 rings (SSSR count). The van der Waals surface area contributed by atoms with Gasteiger partial charge in [0.25, 0.3) is 0 Å². The number of rotatable bonds is 3. The van der Waals surface area contributed by atoms with Crippen molar-refractivity contribution >= 4 is 33.6 Å². The maximum absolute atomic E-state index is 13.3. The van der Waals surface area contributed by atoms with Gasteiger partial charge >= 0.3 is 0 Å². The van der Waals surface area contributed by atoms with E-state index >= 15 is 0 Å². The summed E-state index contributed by atoms with van der Waals surface area (Å²) in [5.74, 6) is -0.516. The second kappa shape index (κ2) is 7.44. The highest BCUT2D eigenvalue weighted by atomic mass is 35.5. The van der Waals surface area contributed by atoms with Crippen molar-refractivity contribution in [1.82, 2.24) is 9.44 Å². The summed E-state index contributed by atoms with van der Waals surface area (Å²) >= 11 is 5.78. The average molecular weight is 398 g/mol. The van der Waals surface area contributed by atoms with Crippen LogP contribution in [0, 0.1) is 5.82 Å². The lowest BCUT2D eigenvalue weighted by Crippen LogP contribution is -2.52. The lowest BCUT2D eigenvalue weighted by atomic mass is 10.00. The highest BCUT2D eigenvalue weighted by Gasteiger charge is 2.34. The first-order chi connectivity index (χ1) is 12.2. The van der Waals surface area contributed by atoms with Crippen LogP contribution in [0.25, 0.3) is 0 Å². The summed E-state index contributed by atoms with van der Waals surface area (Å²) in [4.78, 5) is 12.7. The minimum absolute atomic E-state index is 0.0191. The fourth-order valence-electron chi connectivity index (χ4n) is 2.95. The Kier molecular flexibility index (Phi) is 5.43.